The molecule has 2 rings (SSSR count). The van der Waals surface area contributed by atoms with E-state index in [2.05, 4.69) is 19.3 Å². The Morgan fingerprint density at radius 2 is 2.13 bits per heavy atom. The van der Waals surface area contributed by atoms with Crippen LogP contribution in [-0.2, 0) is 9.59 Å². The van der Waals surface area contributed by atoms with Crippen LogP contribution in [0.3, 0.4) is 0 Å². The first-order valence-electron chi connectivity index (χ1n) is 8.03. The second kappa shape index (κ2) is 7.97. The van der Waals surface area contributed by atoms with Gasteiger partial charge in [-0.3, -0.25) is 15.0 Å². The number of nitrogens with zero attached hydrogens (tertiary/aromatic N) is 1. The van der Waals surface area contributed by atoms with Crippen molar-refractivity contribution >= 4 is 11.8 Å². The largest absolute Gasteiger partial charge is 0.483 e. The van der Waals surface area contributed by atoms with Gasteiger partial charge in [-0.1, -0.05) is 32.0 Å². The third-order valence-corrected chi connectivity index (χ3v) is 4.18. The van der Waals surface area contributed by atoms with Crippen molar-refractivity contribution in [1.82, 2.24) is 10.3 Å². The molecule has 0 radical (unpaired) electrons. The van der Waals surface area contributed by atoms with Crippen LogP contribution in [0.25, 0.3) is 0 Å². The molecule has 2 amide bonds. The zero-order valence-electron chi connectivity index (χ0n) is 13.7. The first kappa shape index (κ1) is 17.3. The summed E-state index contributed by atoms with van der Waals surface area (Å²) in [6.45, 7) is 5.22. The summed E-state index contributed by atoms with van der Waals surface area (Å²) in [4.78, 5) is 25.7. The van der Waals surface area contributed by atoms with Gasteiger partial charge in [0.1, 0.15) is 5.75 Å². The van der Waals surface area contributed by atoms with E-state index in [-0.39, 0.29) is 24.3 Å². The highest BCUT2D eigenvalue weighted by Gasteiger charge is 2.28. The highest BCUT2D eigenvalue weighted by molar-refractivity contribution is 5.81. The Bertz CT molecular complexity index is 560. The fourth-order valence-electron chi connectivity index (χ4n) is 2.86. The van der Waals surface area contributed by atoms with Gasteiger partial charge in [-0.25, -0.2) is 5.84 Å². The van der Waals surface area contributed by atoms with Gasteiger partial charge in [0.25, 0.3) is 5.91 Å². The number of carbonyl (C=O) groups is 2. The van der Waals surface area contributed by atoms with Crippen molar-refractivity contribution in [2.75, 3.05) is 19.7 Å². The van der Waals surface area contributed by atoms with Crippen molar-refractivity contribution < 1.29 is 14.3 Å². The minimum atomic E-state index is -0.236. The van der Waals surface area contributed by atoms with Gasteiger partial charge in [-0.15, -0.1) is 0 Å². The number of para-hydroxylation sites is 1. The standard InChI is InChI=1S/C17H25N3O3/c1-12(2)14-7-3-4-8-15(14)23-11-16(21)20-9-5-6-13(10-20)17(22)19-18/h3-4,7-8,12-13H,5-6,9-11,18H2,1-2H3,(H,19,22). The number of benzene rings is 1. The summed E-state index contributed by atoms with van der Waals surface area (Å²) >= 11 is 0. The van der Waals surface area contributed by atoms with E-state index in [0.717, 1.165) is 24.2 Å². The van der Waals surface area contributed by atoms with Crippen LogP contribution in [0.4, 0.5) is 0 Å². The molecule has 1 unspecified atom stereocenters. The van der Waals surface area contributed by atoms with Gasteiger partial charge in [-0.2, -0.15) is 0 Å². The molecule has 6 nitrogen and oxygen atoms in total. The van der Waals surface area contributed by atoms with Gasteiger partial charge in [-0.05, 0) is 30.4 Å². The topological polar surface area (TPSA) is 84.7 Å². The van der Waals surface area contributed by atoms with Crippen molar-refractivity contribution in [2.45, 2.75) is 32.6 Å². The molecular formula is C17H25N3O3. The minimum Gasteiger partial charge on any atom is -0.483 e. The molecule has 1 heterocycles. The molecule has 0 aromatic heterocycles. The lowest BCUT2D eigenvalue weighted by atomic mass is 9.97. The maximum Gasteiger partial charge on any atom is 0.260 e. The molecule has 3 N–H and O–H groups in total. The molecule has 1 fully saturated rings. The molecule has 0 saturated carbocycles. The van der Waals surface area contributed by atoms with Crippen molar-refractivity contribution in [2.24, 2.45) is 11.8 Å². The number of ether oxygens (including phenoxy) is 1. The molecule has 23 heavy (non-hydrogen) atoms. The van der Waals surface area contributed by atoms with Crippen LogP contribution in [0.15, 0.2) is 24.3 Å². The van der Waals surface area contributed by atoms with Crippen molar-refractivity contribution in [3.8, 4) is 5.75 Å². The van der Waals surface area contributed by atoms with Gasteiger partial charge in [0, 0.05) is 13.1 Å². The van der Waals surface area contributed by atoms with E-state index >= 15 is 0 Å². The fraction of sp³-hybridized carbons (Fsp3) is 0.529. The minimum absolute atomic E-state index is 0.0132. The number of amides is 2. The lowest BCUT2D eigenvalue weighted by molar-refractivity contribution is -0.137. The number of hydrogen-bond donors (Lipinski definition) is 2. The molecule has 1 aliphatic rings. The van der Waals surface area contributed by atoms with Crippen molar-refractivity contribution in [1.29, 1.82) is 0 Å². The summed E-state index contributed by atoms with van der Waals surface area (Å²) in [7, 11) is 0. The number of hydrazine groups is 1. The SMILES string of the molecule is CC(C)c1ccccc1OCC(=O)N1CCCC(C(=O)NN)C1. The summed E-state index contributed by atoms with van der Waals surface area (Å²) in [6, 6.07) is 7.75. The molecule has 0 spiro atoms. The molecule has 126 valence electrons. The maximum absolute atomic E-state index is 12.3. The van der Waals surface area contributed by atoms with Crippen molar-refractivity contribution in [3.63, 3.8) is 0 Å². The van der Waals surface area contributed by atoms with Gasteiger partial charge in [0.05, 0.1) is 5.92 Å². The van der Waals surface area contributed by atoms with Gasteiger partial charge < -0.3 is 9.64 Å². The zero-order chi connectivity index (χ0) is 16.8. The Morgan fingerprint density at radius 3 is 2.83 bits per heavy atom. The maximum atomic E-state index is 12.3. The van der Waals surface area contributed by atoms with Crippen LogP contribution in [0.2, 0.25) is 0 Å². The summed E-state index contributed by atoms with van der Waals surface area (Å²) in [5, 5.41) is 0. The van der Waals surface area contributed by atoms with E-state index < -0.39 is 0 Å². The molecule has 1 atom stereocenters. The molecule has 0 aliphatic carbocycles. The Kier molecular flexibility index (Phi) is 5.98. The third-order valence-electron chi connectivity index (χ3n) is 4.18. The predicted octanol–water partition coefficient (Wildman–Crippen LogP) is 1.42. The quantitative estimate of drug-likeness (QED) is 0.488. The molecule has 0 bridgehead atoms. The Hall–Kier alpha value is -2.08. The van der Waals surface area contributed by atoms with Crippen LogP contribution in [-0.4, -0.2) is 36.4 Å². The number of likely N-dealkylation sites (tertiary alicyclic amines) is 1. The highest BCUT2D eigenvalue weighted by Crippen LogP contribution is 2.26. The van der Waals surface area contributed by atoms with Crippen molar-refractivity contribution in [3.05, 3.63) is 29.8 Å². The lowest BCUT2D eigenvalue weighted by Gasteiger charge is -2.31. The number of piperidine rings is 1. The van der Waals surface area contributed by atoms with Gasteiger partial charge >= 0.3 is 0 Å². The number of carbonyl (C=O) groups excluding carboxylic acids is 2. The Balaban J connectivity index is 1.93. The number of nitrogens with two attached hydrogens (primary N) is 1. The fourth-order valence-corrected chi connectivity index (χ4v) is 2.86. The van der Waals surface area contributed by atoms with E-state index in [4.69, 9.17) is 10.6 Å². The van der Waals surface area contributed by atoms with Gasteiger partial charge in [0.15, 0.2) is 6.61 Å². The molecular weight excluding hydrogens is 294 g/mol. The summed E-state index contributed by atoms with van der Waals surface area (Å²) in [5.41, 5.74) is 3.25. The Morgan fingerprint density at radius 1 is 1.39 bits per heavy atom. The second-order valence-corrected chi connectivity index (χ2v) is 6.17. The average Bonchev–Trinajstić information content (AvgIpc) is 2.59. The first-order chi connectivity index (χ1) is 11.0. The summed E-state index contributed by atoms with van der Waals surface area (Å²) in [6.07, 6.45) is 1.55. The predicted molar refractivity (Wildman–Crippen MR) is 87.7 cm³/mol. The molecule has 1 aromatic rings. The Labute approximate surface area is 136 Å². The van der Waals surface area contributed by atoms with Crippen LogP contribution in [0.5, 0.6) is 5.75 Å². The molecule has 1 aromatic carbocycles. The first-order valence-corrected chi connectivity index (χ1v) is 8.03. The van der Waals surface area contributed by atoms with E-state index in [0.29, 0.717) is 19.0 Å². The summed E-state index contributed by atoms with van der Waals surface area (Å²) < 4.78 is 5.72. The number of nitrogens with one attached hydrogen (secondary N) is 1. The third kappa shape index (κ3) is 4.45. The molecule has 1 saturated heterocycles. The van der Waals surface area contributed by atoms with Crippen LogP contribution >= 0.6 is 0 Å². The highest BCUT2D eigenvalue weighted by atomic mass is 16.5. The number of rotatable bonds is 5. The van der Waals surface area contributed by atoms with E-state index in [1.165, 1.54) is 0 Å². The monoisotopic (exact) mass is 319 g/mol. The normalized spacial score (nSPS) is 17.9. The smallest absolute Gasteiger partial charge is 0.260 e. The van der Waals surface area contributed by atoms with E-state index in [9.17, 15) is 9.59 Å². The zero-order valence-corrected chi connectivity index (χ0v) is 13.7. The lowest BCUT2D eigenvalue weighted by Crippen LogP contribution is -2.48. The molecule has 6 heteroatoms. The van der Waals surface area contributed by atoms with Crippen LogP contribution in [0, 0.1) is 5.92 Å². The average molecular weight is 319 g/mol. The van der Waals surface area contributed by atoms with Gasteiger partial charge in [0.2, 0.25) is 5.91 Å². The van der Waals surface area contributed by atoms with E-state index in [1.54, 1.807) is 4.90 Å². The number of hydrogen-bond acceptors (Lipinski definition) is 4. The van der Waals surface area contributed by atoms with E-state index in [1.807, 2.05) is 24.3 Å². The second-order valence-electron chi connectivity index (χ2n) is 6.17. The van der Waals surface area contributed by atoms with Crippen LogP contribution < -0.4 is 16.0 Å². The summed E-state index contributed by atoms with van der Waals surface area (Å²) in [5.74, 6) is 5.70. The molecule has 1 aliphatic heterocycles. The van der Waals surface area contributed by atoms with Crippen LogP contribution in [0.1, 0.15) is 38.2 Å².